The highest BCUT2D eigenvalue weighted by atomic mass is 79.9. The fraction of sp³-hybridized carbons (Fsp3) is 0.176. The number of hydrogen-bond donors (Lipinski definition) is 1. The van der Waals surface area contributed by atoms with E-state index in [9.17, 15) is 9.18 Å². The first-order valence-corrected chi connectivity index (χ1v) is 7.80. The Morgan fingerprint density at radius 2 is 2.13 bits per heavy atom. The van der Waals surface area contributed by atoms with Crippen LogP contribution in [-0.2, 0) is 9.63 Å². The number of carbonyl (C=O) groups excluding carboxylic acids is 1. The summed E-state index contributed by atoms with van der Waals surface area (Å²) < 4.78 is 13.9. The Bertz CT molecular complexity index is 706. The van der Waals surface area contributed by atoms with Crippen LogP contribution in [0, 0.1) is 5.82 Å². The SMILES string of the molecule is C[C@@H](NC(=O)CO/N=C\c1cccc(F)c1)c1ccccc1Br. The lowest BCUT2D eigenvalue weighted by molar-refractivity contribution is -0.126. The summed E-state index contributed by atoms with van der Waals surface area (Å²) in [6, 6.07) is 13.4. The number of amides is 1. The van der Waals surface area contributed by atoms with Crippen molar-refractivity contribution in [1.29, 1.82) is 0 Å². The van der Waals surface area contributed by atoms with Crippen LogP contribution in [-0.4, -0.2) is 18.7 Å². The van der Waals surface area contributed by atoms with Gasteiger partial charge in [0.05, 0.1) is 12.3 Å². The van der Waals surface area contributed by atoms with Crippen LogP contribution in [0.2, 0.25) is 0 Å². The van der Waals surface area contributed by atoms with Crippen LogP contribution in [0.15, 0.2) is 58.2 Å². The summed E-state index contributed by atoms with van der Waals surface area (Å²) in [6.07, 6.45) is 1.35. The van der Waals surface area contributed by atoms with Gasteiger partial charge in [0.25, 0.3) is 5.91 Å². The first-order valence-electron chi connectivity index (χ1n) is 7.01. The van der Waals surface area contributed by atoms with E-state index in [0.717, 1.165) is 10.0 Å². The van der Waals surface area contributed by atoms with Gasteiger partial charge < -0.3 is 10.2 Å². The van der Waals surface area contributed by atoms with Crippen LogP contribution in [0.4, 0.5) is 4.39 Å². The molecule has 0 fully saturated rings. The molecule has 0 radical (unpaired) electrons. The van der Waals surface area contributed by atoms with E-state index in [1.165, 1.54) is 18.3 Å². The third-order valence-corrected chi connectivity index (χ3v) is 3.79. The first-order chi connectivity index (χ1) is 11.1. The number of oxime groups is 1. The van der Waals surface area contributed by atoms with E-state index in [1.807, 2.05) is 31.2 Å². The largest absolute Gasteiger partial charge is 0.386 e. The summed E-state index contributed by atoms with van der Waals surface area (Å²) in [5.41, 5.74) is 1.54. The summed E-state index contributed by atoms with van der Waals surface area (Å²) >= 11 is 3.45. The predicted molar refractivity (Wildman–Crippen MR) is 90.6 cm³/mol. The van der Waals surface area contributed by atoms with Gasteiger partial charge in [0.15, 0.2) is 6.61 Å². The maximum Gasteiger partial charge on any atom is 0.261 e. The highest BCUT2D eigenvalue weighted by Crippen LogP contribution is 2.22. The Hall–Kier alpha value is -2.21. The Morgan fingerprint density at radius 1 is 1.35 bits per heavy atom. The van der Waals surface area contributed by atoms with Crippen molar-refractivity contribution in [2.75, 3.05) is 6.61 Å². The minimum Gasteiger partial charge on any atom is -0.386 e. The van der Waals surface area contributed by atoms with Crippen molar-refractivity contribution < 1.29 is 14.0 Å². The molecule has 0 saturated heterocycles. The van der Waals surface area contributed by atoms with Gasteiger partial charge in [0.1, 0.15) is 5.82 Å². The quantitative estimate of drug-likeness (QED) is 0.613. The molecule has 23 heavy (non-hydrogen) atoms. The molecule has 0 saturated carbocycles. The molecular weight excluding hydrogens is 363 g/mol. The van der Waals surface area contributed by atoms with Crippen molar-refractivity contribution in [2.45, 2.75) is 13.0 Å². The van der Waals surface area contributed by atoms with Crippen LogP contribution >= 0.6 is 15.9 Å². The minimum absolute atomic E-state index is 0.158. The number of benzene rings is 2. The van der Waals surface area contributed by atoms with E-state index >= 15 is 0 Å². The van der Waals surface area contributed by atoms with Gasteiger partial charge in [0, 0.05) is 4.47 Å². The second-order valence-electron chi connectivity index (χ2n) is 4.87. The molecule has 2 aromatic rings. The van der Waals surface area contributed by atoms with Gasteiger partial charge >= 0.3 is 0 Å². The lowest BCUT2D eigenvalue weighted by Crippen LogP contribution is -2.29. The van der Waals surface area contributed by atoms with Gasteiger partial charge in [-0.05, 0) is 36.2 Å². The highest BCUT2D eigenvalue weighted by molar-refractivity contribution is 9.10. The summed E-state index contributed by atoms with van der Waals surface area (Å²) in [5, 5.41) is 6.48. The standard InChI is InChI=1S/C17H16BrFN2O2/c1-12(15-7-2-3-8-16(15)18)21-17(22)11-23-20-10-13-5-4-6-14(19)9-13/h2-10,12H,11H2,1H3,(H,21,22)/b20-10-/t12-/m1/s1. The molecule has 2 aromatic carbocycles. The normalized spacial score (nSPS) is 12.1. The van der Waals surface area contributed by atoms with Crippen LogP contribution in [0.3, 0.4) is 0 Å². The first kappa shape index (κ1) is 17.1. The Kier molecular flexibility index (Phi) is 6.29. The second-order valence-corrected chi connectivity index (χ2v) is 5.73. The molecule has 0 unspecified atom stereocenters. The van der Waals surface area contributed by atoms with E-state index in [-0.39, 0.29) is 24.4 Å². The molecule has 0 spiro atoms. The van der Waals surface area contributed by atoms with Crippen LogP contribution in [0.25, 0.3) is 0 Å². The Morgan fingerprint density at radius 3 is 2.87 bits per heavy atom. The molecule has 120 valence electrons. The van der Waals surface area contributed by atoms with Gasteiger partial charge in [-0.25, -0.2) is 4.39 Å². The zero-order chi connectivity index (χ0) is 16.7. The van der Waals surface area contributed by atoms with Gasteiger partial charge in [-0.15, -0.1) is 0 Å². The summed E-state index contributed by atoms with van der Waals surface area (Å²) in [7, 11) is 0. The van der Waals surface area contributed by atoms with E-state index in [1.54, 1.807) is 12.1 Å². The van der Waals surface area contributed by atoms with Gasteiger partial charge in [-0.2, -0.15) is 0 Å². The average Bonchev–Trinajstić information content (AvgIpc) is 2.52. The molecule has 0 aliphatic rings. The van der Waals surface area contributed by atoms with Crippen molar-refractivity contribution >= 4 is 28.1 Å². The topological polar surface area (TPSA) is 50.7 Å². The van der Waals surface area contributed by atoms with E-state index in [0.29, 0.717) is 5.56 Å². The van der Waals surface area contributed by atoms with Crippen molar-refractivity contribution in [3.05, 3.63) is 69.9 Å². The number of nitrogens with zero attached hydrogens (tertiary/aromatic N) is 1. The molecule has 0 heterocycles. The smallest absolute Gasteiger partial charge is 0.261 e. The molecule has 1 N–H and O–H groups in total. The van der Waals surface area contributed by atoms with Crippen LogP contribution < -0.4 is 5.32 Å². The number of halogens is 2. The van der Waals surface area contributed by atoms with Crippen molar-refractivity contribution in [3.8, 4) is 0 Å². The predicted octanol–water partition coefficient (Wildman–Crippen LogP) is 3.82. The van der Waals surface area contributed by atoms with Gasteiger partial charge in [-0.3, -0.25) is 4.79 Å². The minimum atomic E-state index is -0.353. The Balaban J connectivity index is 1.80. The summed E-state index contributed by atoms with van der Waals surface area (Å²) in [5.74, 6) is -0.640. The van der Waals surface area contributed by atoms with Crippen molar-refractivity contribution in [3.63, 3.8) is 0 Å². The van der Waals surface area contributed by atoms with Crippen molar-refractivity contribution in [1.82, 2.24) is 5.32 Å². The molecule has 2 rings (SSSR count). The van der Waals surface area contributed by atoms with Gasteiger partial charge in [-0.1, -0.05) is 51.4 Å². The summed E-state index contributed by atoms with van der Waals surface area (Å²) in [4.78, 5) is 16.7. The molecular formula is C17H16BrFN2O2. The fourth-order valence-corrected chi connectivity index (χ4v) is 2.60. The lowest BCUT2D eigenvalue weighted by Gasteiger charge is -2.15. The number of hydrogen-bond acceptors (Lipinski definition) is 3. The lowest BCUT2D eigenvalue weighted by atomic mass is 10.1. The Labute approximate surface area is 142 Å². The van der Waals surface area contributed by atoms with E-state index in [2.05, 4.69) is 26.4 Å². The highest BCUT2D eigenvalue weighted by Gasteiger charge is 2.12. The number of rotatable bonds is 6. The fourth-order valence-electron chi connectivity index (χ4n) is 1.97. The number of nitrogens with one attached hydrogen (secondary N) is 1. The van der Waals surface area contributed by atoms with Gasteiger partial charge in [0.2, 0.25) is 0 Å². The van der Waals surface area contributed by atoms with Crippen LogP contribution in [0.1, 0.15) is 24.1 Å². The summed E-state index contributed by atoms with van der Waals surface area (Å²) in [6.45, 7) is 1.68. The monoisotopic (exact) mass is 378 g/mol. The van der Waals surface area contributed by atoms with Crippen LogP contribution in [0.5, 0.6) is 0 Å². The molecule has 4 nitrogen and oxygen atoms in total. The third-order valence-electron chi connectivity index (χ3n) is 3.07. The van der Waals surface area contributed by atoms with E-state index in [4.69, 9.17) is 4.84 Å². The second kappa shape index (κ2) is 8.43. The average molecular weight is 379 g/mol. The molecule has 0 aliphatic carbocycles. The molecule has 0 aliphatic heterocycles. The maximum atomic E-state index is 13.0. The molecule has 1 atom stereocenters. The van der Waals surface area contributed by atoms with E-state index < -0.39 is 0 Å². The third kappa shape index (κ3) is 5.49. The molecule has 0 aromatic heterocycles. The zero-order valence-corrected chi connectivity index (χ0v) is 14.1. The molecule has 1 amide bonds. The molecule has 6 heteroatoms. The number of carbonyl (C=O) groups is 1. The molecule has 0 bridgehead atoms. The van der Waals surface area contributed by atoms with Crippen molar-refractivity contribution in [2.24, 2.45) is 5.16 Å². The maximum absolute atomic E-state index is 13.0. The zero-order valence-electron chi connectivity index (χ0n) is 12.5.